The van der Waals surface area contributed by atoms with Gasteiger partial charge in [-0.1, -0.05) is 55.2 Å². The van der Waals surface area contributed by atoms with Crippen molar-refractivity contribution in [1.29, 1.82) is 0 Å². The second kappa shape index (κ2) is 11.5. The van der Waals surface area contributed by atoms with Gasteiger partial charge in [-0.2, -0.15) is 0 Å². The number of aliphatic imine (C=N–C) groups is 1. The number of allylic oxidation sites excluding steroid dienone is 1. The number of rotatable bonds is 5. The topological polar surface area (TPSA) is 59.5 Å². The number of hydrogen-bond donors (Lipinski definition) is 0. The number of thioether (sulfide) groups is 1. The predicted octanol–water partition coefficient (Wildman–Crippen LogP) is 7.06. The molecule has 1 spiro atoms. The Labute approximate surface area is 284 Å². The number of piperazine rings is 1. The number of carbonyl (C=O) groups excluding carboxylic acids is 2. The maximum atomic E-state index is 15.0. The van der Waals surface area contributed by atoms with Gasteiger partial charge in [0.1, 0.15) is 22.3 Å². The molecule has 2 amide bonds. The lowest BCUT2D eigenvalue weighted by atomic mass is 9.81. The highest BCUT2D eigenvalue weighted by atomic mass is 35.5. The molecule has 4 aliphatic heterocycles. The van der Waals surface area contributed by atoms with Crippen molar-refractivity contribution in [3.63, 3.8) is 0 Å². The highest BCUT2D eigenvalue weighted by molar-refractivity contribution is 8.18. The number of fused-ring (bicyclic) bond motifs is 1. The van der Waals surface area contributed by atoms with Gasteiger partial charge in [-0.05, 0) is 99.7 Å². The van der Waals surface area contributed by atoms with Gasteiger partial charge < -0.3 is 14.7 Å². The lowest BCUT2D eigenvalue weighted by Crippen LogP contribution is -2.59. The second-order valence-electron chi connectivity index (χ2n) is 14.0. The first-order valence-electron chi connectivity index (χ1n) is 16.2. The summed E-state index contributed by atoms with van der Waals surface area (Å²) in [7, 11) is 2.15. The number of likely N-dealkylation sites (N-methyl/N-ethyl adjacent to an activating group) is 1. The summed E-state index contributed by atoms with van der Waals surface area (Å²) < 4.78 is 15.0. The van der Waals surface area contributed by atoms with Crippen molar-refractivity contribution in [2.45, 2.75) is 82.6 Å². The van der Waals surface area contributed by atoms with E-state index < -0.39 is 23.4 Å². The van der Waals surface area contributed by atoms with E-state index in [1.807, 2.05) is 54.0 Å². The SMILES string of the molecule is CC(C)C1=C(C(=O)N2[C@H](C)CC[C@H]2C(=O)N2CCN(C)C3(CC3)C2)SC2=N[C@@](C)(c3ccc(Cl)cc3)[C@@H](c3ccc(Cl)c(F)c3)N21. The maximum absolute atomic E-state index is 15.0. The van der Waals surface area contributed by atoms with E-state index in [1.165, 1.54) is 17.8 Å². The highest BCUT2D eigenvalue weighted by Gasteiger charge is 2.55. The zero-order valence-electron chi connectivity index (χ0n) is 26.9. The molecule has 11 heteroatoms. The molecule has 2 saturated heterocycles. The molecule has 5 aliphatic rings. The third-order valence-electron chi connectivity index (χ3n) is 10.8. The third-order valence-corrected chi connectivity index (χ3v) is 12.4. The van der Waals surface area contributed by atoms with Crippen LogP contribution < -0.4 is 0 Å². The van der Waals surface area contributed by atoms with E-state index in [0.717, 1.165) is 43.6 Å². The standard InChI is InChI=1S/C35H40Cl2FN5O2S/c1-20(2)28-29(32(45)42-21(3)6-13-27(42)31(44)41-17-16-40(5)35(19-41)14-15-35)46-33-39-34(4,23-8-10-24(36)11-9-23)30(43(28)33)22-7-12-25(37)26(38)18-22/h7-12,18,20-21,27,30H,6,13-17,19H2,1-5H3/t21-,27+,30-,34+/m1/s1. The fraction of sp³-hybridized carbons (Fsp3) is 0.514. The van der Waals surface area contributed by atoms with Crippen LogP contribution in [0.4, 0.5) is 4.39 Å². The second-order valence-corrected chi connectivity index (χ2v) is 15.8. The fourth-order valence-corrected chi connectivity index (χ4v) is 9.53. The summed E-state index contributed by atoms with van der Waals surface area (Å²) in [4.78, 5) is 43.0. The van der Waals surface area contributed by atoms with E-state index in [9.17, 15) is 9.59 Å². The van der Waals surface area contributed by atoms with Gasteiger partial charge in [-0.25, -0.2) is 9.38 Å². The molecule has 2 aromatic carbocycles. The van der Waals surface area contributed by atoms with Crippen LogP contribution >= 0.6 is 35.0 Å². The Kier molecular flexibility index (Phi) is 8.02. The molecule has 7 nitrogen and oxygen atoms in total. The van der Waals surface area contributed by atoms with E-state index >= 15 is 4.39 Å². The number of likely N-dealkylation sites (tertiary alicyclic amines) is 1. The lowest BCUT2D eigenvalue weighted by Gasteiger charge is -2.42. The summed E-state index contributed by atoms with van der Waals surface area (Å²) in [5.41, 5.74) is 1.78. The number of amidine groups is 1. The van der Waals surface area contributed by atoms with Crippen LogP contribution in [0.3, 0.4) is 0 Å². The number of halogens is 3. The molecular weight excluding hydrogens is 644 g/mol. The molecule has 3 fully saturated rings. The highest BCUT2D eigenvalue weighted by Crippen LogP contribution is 2.56. The van der Waals surface area contributed by atoms with E-state index in [0.29, 0.717) is 33.6 Å². The quantitative estimate of drug-likeness (QED) is 0.338. The summed E-state index contributed by atoms with van der Waals surface area (Å²) in [6.07, 6.45) is 3.67. The van der Waals surface area contributed by atoms with Crippen molar-refractivity contribution in [3.05, 3.63) is 80.1 Å². The van der Waals surface area contributed by atoms with Crippen LogP contribution in [-0.2, 0) is 15.1 Å². The van der Waals surface area contributed by atoms with E-state index in [2.05, 4.69) is 30.7 Å². The van der Waals surface area contributed by atoms with Gasteiger partial charge in [0.05, 0.1) is 11.1 Å². The molecule has 244 valence electrons. The Morgan fingerprint density at radius 1 is 1.07 bits per heavy atom. The molecule has 0 radical (unpaired) electrons. The van der Waals surface area contributed by atoms with Crippen molar-refractivity contribution in [2.75, 3.05) is 26.7 Å². The molecule has 4 atom stereocenters. The smallest absolute Gasteiger partial charge is 0.263 e. The average molecular weight is 685 g/mol. The van der Waals surface area contributed by atoms with Crippen molar-refractivity contribution < 1.29 is 14.0 Å². The van der Waals surface area contributed by atoms with Crippen molar-refractivity contribution in [3.8, 4) is 0 Å². The van der Waals surface area contributed by atoms with Gasteiger partial charge in [-0.3, -0.25) is 14.5 Å². The minimum absolute atomic E-state index is 0.0501. The van der Waals surface area contributed by atoms with Gasteiger partial charge in [0.15, 0.2) is 5.17 Å². The Bertz CT molecular complexity index is 1660. The van der Waals surface area contributed by atoms with E-state index in [4.69, 9.17) is 28.2 Å². The van der Waals surface area contributed by atoms with Gasteiger partial charge >= 0.3 is 0 Å². The Hall–Kier alpha value is -2.59. The Morgan fingerprint density at radius 2 is 1.78 bits per heavy atom. The zero-order valence-corrected chi connectivity index (χ0v) is 29.2. The van der Waals surface area contributed by atoms with Gasteiger partial charge in [0.2, 0.25) is 5.91 Å². The fourth-order valence-electron chi connectivity index (χ4n) is 7.93. The number of carbonyl (C=O) groups is 2. The summed E-state index contributed by atoms with van der Waals surface area (Å²) in [6.45, 7) is 10.5. The number of benzene rings is 2. The van der Waals surface area contributed by atoms with Crippen LogP contribution in [0.1, 0.15) is 70.5 Å². The molecule has 0 unspecified atom stereocenters. The Morgan fingerprint density at radius 3 is 2.43 bits per heavy atom. The molecule has 0 N–H and O–H groups in total. The molecule has 1 saturated carbocycles. The summed E-state index contributed by atoms with van der Waals surface area (Å²) in [6, 6.07) is 11.5. The maximum Gasteiger partial charge on any atom is 0.263 e. The predicted molar refractivity (Wildman–Crippen MR) is 182 cm³/mol. The van der Waals surface area contributed by atoms with Gasteiger partial charge in [-0.15, -0.1) is 0 Å². The molecule has 4 heterocycles. The lowest BCUT2D eigenvalue weighted by molar-refractivity contribution is -0.145. The average Bonchev–Trinajstić information content (AvgIpc) is 3.39. The number of hydrogen-bond acceptors (Lipinski definition) is 6. The van der Waals surface area contributed by atoms with Gasteiger partial charge in [0.25, 0.3) is 5.91 Å². The van der Waals surface area contributed by atoms with Gasteiger partial charge in [0, 0.05) is 41.9 Å². The molecular formula is C35H40Cl2FN5O2S. The largest absolute Gasteiger partial charge is 0.338 e. The summed E-state index contributed by atoms with van der Waals surface area (Å²) in [5, 5.41) is 1.36. The summed E-state index contributed by atoms with van der Waals surface area (Å²) >= 11 is 13.8. The Balaban J connectivity index is 1.26. The molecule has 2 aromatic rings. The van der Waals surface area contributed by atoms with Crippen LogP contribution in [0.15, 0.2) is 58.1 Å². The first-order valence-corrected chi connectivity index (χ1v) is 17.8. The molecule has 7 rings (SSSR count). The van der Waals surface area contributed by atoms with Crippen LogP contribution in [0.25, 0.3) is 0 Å². The van der Waals surface area contributed by atoms with E-state index in [1.54, 1.807) is 6.07 Å². The molecule has 0 bridgehead atoms. The van der Waals surface area contributed by atoms with Crippen LogP contribution in [-0.4, -0.2) is 80.9 Å². The summed E-state index contributed by atoms with van der Waals surface area (Å²) in [5.74, 6) is -0.618. The number of amides is 2. The van der Waals surface area contributed by atoms with Crippen LogP contribution in [0, 0.1) is 11.7 Å². The zero-order chi connectivity index (χ0) is 32.7. The number of nitrogens with zero attached hydrogens (tertiary/aromatic N) is 5. The first kappa shape index (κ1) is 32.0. The minimum atomic E-state index is -0.804. The monoisotopic (exact) mass is 683 g/mol. The first-order chi connectivity index (χ1) is 21.8. The third kappa shape index (κ3) is 5.08. The van der Waals surface area contributed by atoms with Crippen molar-refractivity contribution in [1.82, 2.24) is 19.6 Å². The van der Waals surface area contributed by atoms with Crippen LogP contribution in [0.2, 0.25) is 10.0 Å². The molecule has 0 aromatic heterocycles. The minimum Gasteiger partial charge on any atom is -0.338 e. The molecule has 46 heavy (non-hydrogen) atoms. The normalized spacial score (nSPS) is 28.8. The molecule has 1 aliphatic carbocycles. The van der Waals surface area contributed by atoms with Crippen LogP contribution in [0.5, 0.6) is 0 Å². The van der Waals surface area contributed by atoms with Crippen molar-refractivity contribution >= 4 is 51.9 Å². The van der Waals surface area contributed by atoms with Crippen molar-refractivity contribution in [2.24, 2.45) is 10.9 Å². The van der Waals surface area contributed by atoms with E-state index in [-0.39, 0.29) is 34.3 Å².